The average Bonchev–Trinajstić information content (AvgIpc) is 3.07. The Bertz CT molecular complexity index is 1050. The lowest BCUT2D eigenvalue weighted by Crippen LogP contribution is -2.36. The fourth-order valence-corrected chi connectivity index (χ4v) is 4.64. The second-order valence-corrected chi connectivity index (χ2v) is 8.52. The van der Waals surface area contributed by atoms with Gasteiger partial charge in [0.2, 0.25) is 0 Å². The first-order valence-electron chi connectivity index (χ1n) is 10.4. The van der Waals surface area contributed by atoms with Gasteiger partial charge in [0.1, 0.15) is 5.69 Å². The molecule has 2 aliphatic rings. The van der Waals surface area contributed by atoms with Crippen molar-refractivity contribution in [3.05, 3.63) is 74.7 Å². The smallest absolute Gasteiger partial charge is 0.293 e. The van der Waals surface area contributed by atoms with Gasteiger partial charge in [-0.3, -0.25) is 24.6 Å². The zero-order valence-corrected chi connectivity index (χ0v) is 18.3. The molecule has 0 N–H and O–H groups in total. The van der Waals surface area contributed by atoms with Gasteiger partial charge in [-0.05, 0) is 47.9 Å². The van der Waals surface area contributed by atoms with Gasteiger partial charge >= 0.3 is 0 Å². The number of imide groups is 1. The number of nitro groups is 1. The number of hydrogen-bond donors (Lipinski definition) is 0. The Morgan fingerprint density at radius 3 is 2.56 bits per heavy atom. The third-order valence-electron chi connectivity index (χ3n) is 5.41. The minimum atomic E-state index is -0.419. The van der Waals surface area contributed by atoms with Crippen molar-refractivity contribution in [2.45, 2.75) is 12.8 Å². The topological polar surface area (TPSA) is 93.0 Å². The largest absolute Gasteiger partial charge is 0.378 e. The third kappa shape index (κ3) is 5.00. The first-order valence-corrected chi connectivity index (χ1v) is 11.2. The number of benzene rings is 2. The lowest BCUT2D eigenvalue weighted by molar-refractivity contribution is -0.384. The molecule has 2 aromatic carbocycles. The Kier molecular flexibility index (Phi) is 6.87. The van der Waals surface area contributed by atoms with Crippen LogP contribution in [0, 0.1) is 10.1 Å². The summed E-state index contributed by atoms with van der Waals surface area (Å²) in [4.78, 5) is 39.8. The Morgan fingerprint density at radius 2 is 1.84 bits per heavy atom. The quantitative estimate of drug-likeness (QED) is 0.354. The van der Waals surface area contributed by atoms with E-state index in [1.807, 2.05) is 35.2 Å². The van der Waals surface area contributed by atoms with E-state index in [1.54, 1.807) is 18.2 Å². The van der Waals surface area contributed by atoms with Crippen molar-refractivity contribution in [3.8, 4) is 0 Å². The molecule has 0 bridgehead atoms. The number of hydrogen-bond acceptors (Lipinski definition) is 7. The lowest BCUT2D eigenvalue weighted by Gasteiger charge is -2.28. The summed E-state index contributed by atoms with van der Waals surface area (Å²) in [5.74, 6) is -0.354. The fourth-order valence-electron chi connectivity index (χ4n) is 3.78. The molecule has 32 heavy (non-hydrogen) atoms. The van der Waals surface area contributed by atoms with Gasteiger partial charge in [-0.2, -0.15) is 0 Å². The number of aryl methyl sites for hydroxylation is 1. The molecule has 0 aromatic heterocycles. The van der Waals surface area contributed by atoms with Gasteiger partial charge in [0, 0.05) is 25.7 Å². The highest BCUT2D eigenvalue weighted by molar-refractivity contribution is 8.18. The van der Waals surface area contributed by atoms with Crippen molar-refractivity contribution in [1.29, 1.82) is 0 Å². The maximum atomic E-state index is 12.8. The molecule has 2 heterocycles. The van der Waals surface area contributed by atoms with Crippen LogP contribution >= 0.6 is 11.8 Å². The third-order valence-corrected chi connectivity index (χ3v) is 6.32. The first kappa shape index (κ1) is 22.0. The van der Waals surface area contributed by atoms with E-state index in [9.17, 15) is 19.7 Å². The normalized spacial score (nSPS) is 17.9. The molecule has 0 spiro atoms. The average molecular weight is 454 g/mol. The highest BCUT2D eigenvalue weighted by atomic mass is 32.2. The van der Waals surface area contributed by atoms with E-state index in [1.165, 1.54) is 11.0 Å². The summed E-state index contributed by atoms with van der Waals surface area (Å²) < 4.78 is 5.32. The lowest BCUT2D eigenvalue weighted by atomic mass is 10.1. The van der Waals surface area contributed by atoms with Gasteiger partial charge in [-0.15, -0.1) is 0 Å². The molecule has 4 rings (SSSR count). The maximum absolute atomic E-state index is 12.8. The van der Waals surface area contributed by atoms with Crippen LogP contribution in [0.3, 0.4) is 0 Å². The van der Waals surface area contributed by atoms with Crippen molar-refractivity contribution in [2.75, 3.05) is 37.7 Å². The molecule has 0 radical (unpaired) electrons. The summed E-state index contributed by atoms with van der Waals surface area (Å²) in [5.41, 5.74) is 2.18. The molecule has 166 valence electrons. The predicted octanol–water partition coefficient (Wildman–Crippen LogP) is 4.10. The number of nitro benzene ring substituents is 1. The number of nitrogens with zero attached hydrogens (tertiary/aromatic N) is 3. The van der Waals surface area contributed by atoms with Crippen LogP contribution in [0.5, 0.6) is 0 Å². The molecule has 0 atom stereocenters. The minimum Gasteiger partial charge on any atom is -0.378 e. The second kappa shape index (κ2) is 9.97. The molecule has 2 aromatic rings. The zero-order chi connectivity index (χ0) is 22.5. The summed E-state index contributed by atoms with van der Waals surface area (Å²) in [6.45, 7) is 2.56. The predicted molar refractivity (Wildman–Crippen MR) is 124 cm³/mol. The van der Waals surface area contributed by atoms with Crippen LogP contribution in [0.2, 0.25) is 0 Å². The zero-order valence-electron chi connectivity index (χ0n) is 17.4. The van der Waals surface area contributed by atoms with E-state index in [0.717, 1.165) is 23.7 Å². The monoisotopic (exact) mass is 453 g/mol. The van der Waals surface area contributed by atoms with E-state index >= 15 is 0 Å². The minimum absolute atomic E-state index is 0.0252. The van der Waals surface area contributed by atoms with E-state index in [4.69, 9.17) is 4.74 Å². The number of carbonyl (C=O) groups is 2. The molecular weight excluding hydrogens is 430 g/mol. The summed E-state index contributed by atoms with van der Waals surface area (Å²) in [7, 11) is 0. The van der Waals surface area contributed by atoms with Crippen LogP contribution in [0.15, 0.2) is 53.4 Å². The van der Waals surface area contributed by atoms with E-state index in [-0.39, 0.29) is 21.7 Å². The number of ether oxygens (including phenoxy) is 1. The van der Waals surface area contributed by atoms with Crippen LogP contribution in [0.1, 0.15) is 17.5 Å². The van der Waals surface area contributed by atoms with Crippen LogP contribution in [0.25, 0.3) is 6.08 Å². The molecule has 8 nitrogen and oxygen atoms in total. The van der Waals surface area contributed by atoms with Crippen molar-refractivity contribution >= 4 is 40.4 Å². The summed E-state index contributed by atoms with van der Waals surface area (Å²) >= 11 is 0.871. The van der Waals surface area contributed by atoms with Gasteiger partial charge in [-0.25, -0.2) is 0 Å². The SMILES string of the molecule is O=C1S/C(=C/c2ccc(N3CCOCC3)c([N+](=O)[O-])c2)C(=O)N1CCCc1ccccc1. The number of morpholine rings is 1. The molecule has 2 aliphatic heterocycles. The Morgan fingerprint density at radius 1 is 1.09 bits per heavy atom. The summed E-state index contributed by atoms with van der Waals surface area (Å²) in [6.07, 6.45) is 3.00. The first-order chi connectivity index (χ1) is 15.5. The highest BCUT2D eigenvalue weighted by Gasteiger charge is 2.34. The summed E-state index contributed by atoms with van der Waals surface area (Å²) in [6, 6.07) is 14.8. The molecule has 0 unspecified atom stereocenters. The Hall–Kier alpha value is -3.17. The van der Waals surface area contributed by atoms with E-state index in [0.29, 0.717) is 50.5 Å². The Balaban J connectivity index is 1.47. The van der Waals surface area contributed by atoms with E-state index in [2.05, 4.69) is 0 Å². The number of carbonyl (C=O) groups excluding carboxylic acids is 2. The van der Waals surface area contributed by atoms with Crippen LogP contribution in [-0.2, 0) is 16.0 Å². The van der Waals surface area contributed by atoms with Crippen molar-refractivity contribution in [1.82, 2.24) is 4.90 Å². The molecule has 2 saturated heterocycles. The molecular formula is C23H23N3O5S. The van der Waals surface area contributed by atoms with Gasteiger partial charge in [0.05, 0.1) is 23.0 Å². The van der Waals surface area contributed by atoms with Crippen molar-refractivity contribution in [3.63, 3.8) is 0 Å². The van der Waals surface area contributed by atoms with Crippen molar-refractivity contribution < 1.29 is 19.2 Å². The fraction of sp³-hybridized carbons (Fsp3) is 0.304. The maximum Gasteiger partial charge on any atom is 0.293 e. The standard InChI is InChI=1S/C23H23N3O5S/c27-22-21(32-23(28)25(22)10-4-7-17-5-2-1-3-6-17)16-18-8-9-19(20(15-18)26(29)30)24-11-13-31-14-12-24/h1-3,5-6,8-9,15-16H,4,7,10-14H2/b21-16+. The molecule has 9 heteroatoms. The van der Waals surface area contributed by atoms with Crippen molar-refractivity contribution in [2.24, 2.45) is 0 Å². The number of amides is 2. The van der Waals surface area contributed by atoms with Gasteiger partial charge in [-0.1, -0.05) is 36.4 Å². The highest BCUT2D eigenvalue weighted by Crippen LogP contribution is 2.35. The second-order valence-electron chi connectivity index (χ2n) is 7.53. The van der Waals surface area contributed by atoms with Crippen LogP contribution < -0.4 is 4.90 Å². The summed E-state index contributed by atoms with van der Waals surface area (Å²) in [5, 5.41) is 11.3. The molecule has 0 saturated carbocycles. The molecule has 2 fully saturated rings. The number of thioether (sulfide) groups is 1. The van der Waals surface area contributed by atoms with Crippen LogP contribution in [0.4, 0.5) is 16.2 Å². The van der Waals surface area contributed by atoms with Gasteiger partial charge in [0.15, 0.2) is 0 Å². The molecule has 0 aliphatic carbocycles. The molecule has 2 amide bonds. The Labute approximate surface area is 190 Å². The van der Waals surface area contributed by atoms with Crippen LogP contribution in [-0.4, -0.2) is 53.8 Å². The van der Waals surface area contributed by atoms with Gasteiger partial charge < -0.3 is 9.64 Å². The number of anilines is 1. The number of rotatable bonds is 7. The van der Waals surface area contributed by atoms with Gasteiger partial charge in [0.25, 0.3) is 16.8 Å². The van der Waals surface area contributed by atoms with E-state index < -0.39 is 4.92 Å².